The average Bonchev–Trinajstić information content (AvgIpc) is 2.68. The van der Waals surface area contributed by atoms with Crippen LogP contribution in [0.25, 0.3) is 0 Å². The van der Waals surface area contributed by atoms with Crippen molar-refractivity contribution in [2.45, 2.75) is 0 Å². The van der Waals surface area contributed by atoms with E-state index in [0.29, 0.717) is 28.1 Å². The molecule has 26 heavy (non-hydrogen) atoms. The van der Waals surface area contributed by atoms with Gasteiger partial charge in [0.05, 0.1) is 5.56 Å². The van der Waals surface area contributed by atoms with Crippen LogP contribution in [0.5, 0.6) is 0 Å². The van der Waals surface area contributed by atoms with Crippen molar-refractivity contribution in [3.8, 4) is 0 Å². The number of halogens is 1. The second-order valence-electron chi connectivity index (χ2n) is 5.54. The van der Waals surface area contributed by atoms with E-state index >= 15 is 0 Å². The maximum atomic E-state index is 12.6. The second kappa shape index (κ2) is 8.44. The van der Waals surface area contributed by atoms with E-state index in [1.54, 1.807) is 24.4 Å². The fourth-order valence-corrected chi connectivity index (χ4v) is 2.71. The number of aromatic nitrogens is 2. The Morgan fingerprint density at radius 3 is 2.62 bits per heavy atom. The summed E-state index contributed by atoms with van der Waals surface area (Å²) in [5, 5.41) is 6.51. The molecule has 7 heteroatoms. The van der Waals surface area contributed by atoms with Gasteiger partial charge in [-0.3, -0.25) is 4.79 Å². The number of ketones is 1. The molecule has 0 bridgehead atoms. The van der Waals surface area contributed by atoms with Crippen LogP contribution < -0.4 is 16.4 Å². The Labute approximate surface area is 160 Å². The van der Waals surface area contributed by atoms with Crippen LogP contribution in [0, 0.1) is 0 Å². The highest BCUT2D eigenvalue weighted by Crippen LogP contribution is 2.19. The minimum atomic E-state index is -0.262. The molecule has 0 saturated heterocycles. The van der Waals surface area contributed by atoms with Crippen LogP contribution in [0.2, 0.25) is 0 Å². The minimum Gasteiger partial charge on any atom is -0.383 e. The Hall–Kier alpha value is -2.93. The first-order valence-corrected chi connectivity index (χ1v) is 8.88. The number of benzene rings is 1. The van der Waals surface area contributed by atoms with E-state index in [1.807, 2.05) is 36.4 Å². The summed E-state index contributed by atoms with van der Waals surface area (Å²) in [5.41, 5.74) is 7.52. The van der Waals surface area contributed by atoms with Crippen LogP contribution in [-0.2, 0) is 0 Å². The van der Waals surface area contributed by atoms with Gasteiger partial charge in [0.15, 0.2) is 0 Å². The fourth-order valence-electron chi connectivity index (χ4n) is 2.38. The highest BCUT2D eigenvalue weighted by molar-refractivity contribution is 9.10. The molecule has 0 aliphatic carbocycles. The maximum absolute atomic E-state index is 12.6. The third-order valence-electron chi connectivity index (χ3n) is 3.65. The number of para-hydroxylation sites is 1. The number of carbonyl (C=O) groups is 1. The van der Waals surface area contributed by atoms with Gasteiger partial charge in [-0.15, -0.1) is 0 Å². The van der Waals surface area contributed by atoms with Crippen LogP contribution in [0.4, 0.5) is 17.3 Å². The molecular formula is C19H18BrN5O. The summed E-state index contributed by atoms with van der Waals surface area (Å²) in [7, 11) is 0. The van der Waals surface area contributed by atoms with Crippen LogP contribution >= 0.6 is 15.9 Å². The first-order chi connectivity index (χ1) is 12.6. The molecule has 0 spiro atoms. The molecule has 2 heterocycles. The van der Waals surface area contributed by atoms with E-state index < -0.39 is 0 Å². The highest BCUT2D eigenvalue weighted by Gasteiger charge is 2.15. The molecule has 0 aliphatic rings. The summed E-state index contributed by atoms with van der Waals surface area (Å²) >= 11 is 3.30. The SMILES string of the molecule is Nc1ncc(Br)cc1C(=O)c1cccc(NCCNc2ccccc2)n1. The van der Waals surface area contributed by atoms with Crippen molar-refractivity contribution < 1.29 is 4.79 Å². The largest absolute Gasteiger partial charge is 0.383 e. The van der Waals surface area contributed by atoms with Gasteiger partial charge in [-0.2, -0.15) is 0 Å². The van der Waals surface area contributed by atoms with E-state index in [4.69, 9.17) is 5.73 Å². The maximum Gasteiger partial charge on any atom is 0.215 e. The molecule has 0 amide bonds. The van der Waals surface area contributed by atoms with Crippen molar-refractivity contribution in [1.29, 1.82) is 0 Å². The second-order valence-corrected chi connectivity index (χ2v) is 6.46. The van der Waals surface area contributed by atoms with Gasteiger partial charge in [-0.1, -0.05) is 24.3 Å². The number of carbonyl (C=O) groups excluding carboxylic acids is 1. The zero-order valence-corrected chi connectivity index (χ0v) is 15.5. The fraction of sp³-hybridized carbons (Fsp3) is 0.105. The number of pyridine rings is 2. The molecule has 6 nitrogen and oxygen atoms in total. The standard InChI is InChI=1S/C19H18BrN5O/c20-13-11-15(19(21)24-12-13)18(26)16-7-4-8-17(25-16)23-10-9-22-14-5-2-1-3-6-14/h1-8,11-12,22H,9-10H2,(H2,21,24)(H,23,25). The predicted molar refractivity (Wildman–Crippen MR) is 107 cm³/mol. The molecule has 0 aliphatic heterocycles. The molecule has 0 saturated carbocycles. The molecule has 0 atom stereocenters. The van der Waals surface area contributed by atoms with Gasteiger partial charge in [0, 0.05) is 29.4 Å². The van der Waals surface area contributed by atoms with Gasteiger partial charge in [0.25, 0.3) is 0 Å². The lowest BCUT2D eigenvalue weighted by molar-refractivity contribution is 0.103. The van der Waals surface area contributed by atoms with Gasteiger partial charge in [-0.25, -0.2) is 9.97 Å². The van der Waals surface area contributed by atoms with Crippen molar-refractivity contribution >= 4 is 39.0 Å². The van der Waals surface area contributed by atoms with Gasteiger partial charge in [0.1, 0.15) is 17.3 Å². The normalized spacial score (nSPS) is 10.3. The van der Waals surface area contributed by atoms with Crippen molar-refractivity contribution in [1.82, 2.24) is 9.97 Å². The van der Waals surface area contributed by atoms with E-state index in [-0.39, 0.29) is 11.6 Å². The first-order valence-electron chi connectivity index (χ1n) is 8.09. The molecule has 0 radical (unpaired) electrons. The quantitative estimate of drug-likeness (QED) is 0.406. The first kappa shape index (κ1) is 17.9. The monoisotopic (exact) mass is 411 g/mol. The third-order valence-corrected chi connectivity index (χ3v) is 4.08. The summed E-state index contributed by atoms with van der Waals surface area (Å²) < 4.78 is 0.691. The zero-order chi connectivity index (χ0) is 18.4. The molecule has 3 rings (SSSR count). The molecule has 0 fully saturated rings. The van der Waals surface area contributed by atoms with Crippen LogP contribution in [0.3, 0.4) is 0 Å². The number of anilines is 3. The Morgan fingerprint density at radius 2 is 1.81 bits per heavy atom. The van der Waals surface area contributed by atoms with Crippen molar-refractivity contribution in [2.24, 2.45) is 0 Å². The average molecular weight is 412 g/mol. The number of nitrogen functional groups attached to an aromatic ring is 1. The van der Waals surface area contributed by atoms with E-state index in [9.17, 15) is 4.79 Å². The molecular weight excluding hydrogens is 394 g/mol. The molecule has 0 unspecified atom stereocenters. The molecule has 2 aromatic heterocycles. The van der Waals surface area contributed by atoms with Crippen molar-refractivity contribution in [3.05, 3.63) is 76.5 Å². The Bertz CT molecular complexity index is 901. The number of nitrogens with two attached hydrogens (primary N) is 1. The van der Waals surface area contributed by atoms with Gasteiger partial charge in [-0.05, 0) is 46.3 Å². The molecule has 1 aromatic carbocycles. The number of rotatable bonds is 7. The summed E-state index contributed by atoms with van der Waals surface area (Å²) in [4.78, 5) is 21.0. The Balaban J connectivity index is 1.62. The van der Waals surface area contributed by atoms with E-state index in [1.165, 1.54) is 0 Å². The van der Waals surface area contributed by atoms with Crippen LogP contribution in [0.15, 0.2) is 65.3 Å². The third kappa shape index (κ3) is 4.58. The summed E-state index contributed by atoms with van der Waals surface area (Å²) in [6.45, 7) is 1.40. The Morgan fingerprint density at radius 1 is 1.04 bits per heavy atom. The van der Waals surface area contributed by atoms with Crippen molar-refractivity contribution in [3.63, 3.8) is 0 Å². The lowest BCUT2D eigenvalue weighted by Crippen LogP contribution is -2.15. The Kier molecular flexibility index (Phi) is 5.80. The van der Waals surface area contributed by atoms with E-state index in [0.717, 1.165) is 12.2 Å². The smallest absolute Gasteiger partial charge is 0.215 e. The summed E-state index contributed by atoms with van der Waals surface area (Å²) in [6.07, 6.45) is 1.55. The highest BCUT2D eigenvalue weighted by atomic mass is 79.9. The topological polar surface area (TPSA) is 92.9 Å². The van der Waals surface area contributed by atoms with Gasteiger partial charge in [0.2, 0.25) is 5.78 Å². The number of hydrogen-bond acceptors (Lipinski definition) is 6. The summed E-state index contributed by atoms with van der Waals surface area (Å²) in [5.74, 6) is 0.556. The van der Waals surface area contributed by atoms with Crippen LogP contribution in [-0.4, -0.2) is 28.8 Å². The number of hydrogen-bond donors (Lipinski definition) is 3. The lowest BCUT2D eigenvalue weighted by Gasteiger charge is -2.09. The molecule has 3 aromatic rings. The molecule has 4 N–H and O–H groups in total. The van der Waals surface area contributed by atoms with Gasteiger partial charge >= 0.3 is 0 Å². The van der Waals surface area contributed by atoms with Crippen molar-refractivity contribution in [2.75, 3.05) is 29.5 Å². The zero-order valence-electron chi connectivity index (χ0n) is 13.9. The molecule has 132 valence electrons. The van der Waals surface area contributed by atoms with Gasteiger partial charge < -0.3 is 16.4 Å². The summed E-state index contributed by atoms with van der Waals surface area (Å²) in [6, 6.07) is 16.9. The minimum absolute atomic E-state index is 0.186. The number of nitrogens with one attached hydrogen (secondary N) is 2. The van der Waals surface area contributed by atoms with Crippen LogP contribution in [0.1, 0.15) is 16.1 Å². The van der Waals surface area contributed by atoms with E-state index in [2.05, 4.69) is 36.5 Å². The predicted octanol–water partition coefficient (Wildman–Crippen LogP) is 3.58. The lowest BCUT2D eigenvalue weighted by atomic mass is 10.1. The number of nitrogens with zero attached hydrogens (tertiary/aromatic N) is 2.